The van der Waals surface area contributed by atoms with E-state index >= 15 is 0 Å². The highest BCUT2D eigenvalue weighted by atomic mass is 16.5. The van der Waals surface area contributed by atoms with Crippen molar-refractivity contribution < 1.29 is 18.7 Å². The van der Waals surface area contributed by atoms with Crippen LogP contribution in [0.4, 0.5) is 10.5 Å². The molecule has 1 spiro atoms. The number of ether oxygens (including phenoxy) is 2. The van der Waals surface area contributed by atoms with Gasteiger partial charge in [0.2, 0.25) is 11.8 Å². The standard InChI is InChI=1S/C29H35N5O4/c1-20(2)27-32-31-26(37-27)19-33-11-9-29(10-12-33)18-23-17-22(5-8-25(23)38-29)21-3-6-24(7-4-21)30-28(35)34-13-15-36-16-14-34/h3-8,17,20H,9-16,18-19H2,1-2H3,(H,30,35). The van der Waals surface area contributed by atoms with Gasteiger partial charge >= 0.3 is 6.03 Å². The zero-order valence-corrected chi connectivity index (χ0v) is 22.1. The van der Waals surface area contributed by atoms with Crippen LogP contribution in [-0.2, 0) is 17.7 Å². The Kier molecular flexibility index (Phi) is 6.80. The van der Waals surface area contributed by atoms with Crippen molar-refractivity contribution in [1.29, 1.82) is 0 Å². The minimum Gasteiger partial charge on any atom is -0.487 e. The molecular weight excluding hydrogens is 482 g/mol. The van der Waals surface area contributed by atoms with Gasteiger partial charge in [0.15, 0.2) is 0 Å². The number of aromatic nitrogens is 2. The molecule has 200 valence electrons. The Bertz CT molecular complexity index is 1270. The van der Waals surface area contributed by atoms with Gasteiger partial charge in [0.25, 0.3) is 0 Å². The first kappa shape index (κ1) is 24.9. The van der Waals surface area contributed by atoms with E-state index in [1.165, 1.54) is 5.56 Å². The lowest BCUT2D eigenvalue weighted by Gasteiger charge is -2.38. The lowest BCUT2D eigenvalue weighted by Crippen LogP contribution is -2.47. The monoisotopic (exact) mass is 517 g/mol. The summed E-state index contributed by atoms with van der Waals surface area (Å²) in [5.74, 6) is 2.63. The van der Waals surface area contributed by atoms with Crippen LogP contribution in [0.5, 0.6) is 5.75 Å². The van der Waals surface area contributed by atoms with Crippen molar-refractivity contribution >= 4 is 11.7 Å². The summed E-state index contributed by atoms with van der Waals surface area (Å²) in [6.07, 6.45) is 2.87. The first-order valence-electron chi connectivity index (χ1n) is 13.6. The van der Waals surface area contributed by atoms with E-state index in [0.29, 0.717) is 44.6 Å². The van der Waals surface area contributed by atoms with Crippen molar-refractivity contribution in [2.45, 2.75) is 51.2 Å². The Balaban J connectivity index is 1.05. The van der Waals surface area contributed by atoms with Crippen molar-refractivity contribution in [3.05, 3.63) is 59.8 Å². The SMILES string of the molecule is CC(C)c1nnc(CN2CCC3(CC2)Cc2cc(-c4ccc(NC(=O)N5CCOCC5)cc4)ccc2O3)o1. The number of hydrogen-bond acceptors (Lipinski definition) is 7. The molecule has 0 atom stereocenters. The predicted molar refractivity (Wildman–Crippen MR) is 143 cm³/mol. The van der Waals surface area contributed by atoms with Crippen molar-refractivity contribution in [2.24, 2.45) is 0 Å². The maximum atomic E-state index is 12.5. The van der Waals surface area contributed by atoms with Gasteiger partial charge in [-0.3, -0.25) is 4.90 Å². The minimum atomic E-state index is -0.136. The summed E-state index contributed by atoms with van der Waals surface area (Å²) >= 11 is 0. The lowest BCUT2D eigenvalue weighted by atomic mass is 9.86. The highest BCUT2D eigenvalue weighted by molar-refractivity contribution is 5.89. The summed E-state index contributed by atoms with van der Waals surface area (Å²) in [6.45, 7) is 9.12. The highest BCUT2D eigenvalue weighted by Crippen LogP contribution is 2.42. The molecule has 2 aromatic carbocycles. The molecule has 38 heavy (non-hydrogen) atoms. The fourth-order valence-electron chi connectivity index (χ4n) is 5.48. The average Bonchev–Trinajstić information content (AvgIpc) is 3.55. The minimum absolute atomic E-state index is 0.0792. The van der Waals surface area contributed by atoms with Gasteiger partial charge in [-0.25, -0.2) is 4.79 Å². The summed E-state index contributed by atoms with van der Waals surface area (Å²) in [4.78, 5) is 16.6. The molecule has 0 unspecified atom stereocenters. The molecule has 2 fully saturated rings. The molecular formula is C29H35N5O4. The van der Waals surface area contributed by atoms with Gasteiger partial charge in [-0.2, -0.15) is 0 Å². The van der Waals surface area contributed by atoms with E-state index in [2.05, 4.69) is 64.6 Å². The molecule has 0 radical (unpaired) electrons. The molecule has 4 heterocycles. The topological polar surface area (TPSA) is 93.0 Å². The summed E-state index contributed by atoms with van der Waals surface area (Å²) in [7, 11) is 0. The van der Waals surface area contributed by atoms with Crippen molar-refractivity contribution in [1.82, 2.24) is 20.0 Å². The Morgan fingerprint density at radius 1 is 1.00 bits per heavy atom. The van der Waals surface area contributed by atoms with Crippen molar-refractivity contribution in [2.75, 3.05) is 44.7 Å². The van der Waals surface area contributed by atoms with Gasteiger partial charge in [0, 0.05) is 57.0 Å². The number of likely N-dealkylation sites (tertiary alicyclic amines) is 1. The van der Waals surface area contributed by atoms with Gasteiger partial charge in [0.1, 0.15) is 11.4 Å². The molecule has 1 aromatic heterocycles. The second-order valence-electron chi connectivity index (χ2n) is 10.9. The van der Waals surface area contributed by atoms with Crippen molar-refractivity contribution in [3.8, 4) is 16.9 Å². The Morgan fingerprint density at radius 2 is 1.74 bits per heavy atom. The van der Waals surface area contributed by atoms with Gasteiger partial charge in [-0.15, -0.1) is 10.2 Å². The number of nitrogens with zero attached hydrogens (tertiary/aromatic N) is 4. The van der Waals surface area contributed by atoms with Crippen molar-refractivity contribution in [3.63, 3.8) is 0 Å². The maximum Gasteiger partial charge on any atom is 0.321 e. The number of amides is 2. The third kappa shape index (κ3) is 5.26. The van der Waals surface area contributed by atoms with Gasteiger partial charge < -0.3 is 24.1 Å². The van der Waals surface area contributed by atoms with Crippen LogP contribution >= 0.6 is 0 Å². The van der Waals surface area contributed by atoms with Crippen LogP contribution in [0.15, 0.2) is 46.9 Å². The molecule has 0 bridgehead atoms. The summed E-state index contributed by atoms with van der Waals surface area (Å²) < 4.78 is 17.7. The van der Waals surface area contributed by atoms with E-state index in [1.54, 1.807) is 4.90 Å². The molecule has 9 heteroatoms. The molecule has 2 amide bonds. The zero-order valence-electron chi connectivity index (χ0n) is 22.1. The van der Waals surface area contributed by atoms with E-state index < -0.39 is 0 Å². The average molecular weight is 518 g/mol. The predicted octanol–water partition coefficient (Wildman–Crippen LogP) is 4.69. The normalized spacial score (nSPS) is 19.0. The fraction of sp³-hybridized carbons (Fsp3) is 0.483. The quantitative estimate of drug-likeness (QED) is 0.525. The van der Waals surface area contributed by atoms with E-state index in [1.807, 2.05) is 12.1 Å². The summed E-state index contributed by atoms with van der Waals surface area (Å²) in [5.41, 5.74) is 4.20. The number of morpholine rings is 1. The number of hydrogen-bond donors (Lipinski definition) is 1. The van der Waals surface area contributed by atoms with E-state index in [0.717, 1.165) is 54.9 Å². The van der Waals surface area contributed by atoms with Gasteiger partial charge in [-0.05, 0) is 41.0 Å². The first-order valence-corrected chi connectivity index (χ1v) is 13.6. The molecule has 3 aliphatic heterocycles. The summed E-state index contributed by atoms with van der Waals surface area (Å²) in [6, 6.07) is 14.4. The third-order valence-corrected chi connectivity index (χ3v) is 7.77. The number of carbonyl (C=O) groups is 1. The van der Waals surface area contributed by atoms with Crippen LogP contribution in [-0.4, -0.2) is 71.0 Å². The smallest absolute Gasteiger partial charge is 0.321 e. The summed E-state index contributed by atoms with van der Waals surface area (Å²) in [5, 5.41) is 11.4. The van der Waals surface area contributed by atoms with Crippen LogP contribution in [0.25, 0.3) is 11.1 Å². The maximum absolute atomic E-state index is 12.5. The van der Waals surface area contributed by atoms with Crippen LogP contribution < -0.4 is 10.1 Å². The van der Waals surface area contributed by atoms with Gasteiger partial charge in [-0.1, -0.05) is 32.0 Å². The van der Waals surface area contributed by atoms with E-state index in [9.17, 15) is 4.79 Å². The number of carbonyl (C=O) groups excluding carboxylic acids is 1. The number of rotatable bonds is 5. The highest BCUT2D eigenvalue weighted by Gasteiger charge is 2.42. The molecule has 3 aromatic rings. The number of anilines is 1. The zero-order chi connectivity index (χ0) is 26.1. The molecule has 6 rings (SSSR count). The molecule has 9 nitrogen and oxygen atoms in total. The Hall–Kier alpha value is -3.43. The van der Waals surface area contributed by atoms with Crippen LogP contribution in [0.3, 0.4) is 0 Å². The Morgan fingerprint density at radius 3 is 2.45 bits per heavy atom. The third-order valence-electron chi connectivity index (χ3n) is 7.77. The number of fused-ring (bicyclic) bond motifs is 1. The second kappa shape index (κ2) is 10.4. The van der Waals surface area contributed by atoms with E-state index in [-0.39, 0.29) is 17.6 Å². The fourth-order valence-corrected chi connectivity index (χ4v) is 5.48. The largest absolute Gasteiger partial charge is 0.487 e. The lowest BCUT2D eigenvalue weighted by molar-refractivity contribution is 0.0146. The first-order chi connectivity index (χ1) is 18.5. The number of nitrogens with one attached hydrogen (secondary N) is 1. The number of piperidine rings is 1. The number of benzene rings is 2. The van der Waals surface area contributed by atoms with E-state index in [4.69, 9.17) is 13.9 Å². The molecule has 1 N–H and O–H groups in total. The molecule has 3 aliphatic rings. The van der Waals surface area contributed by atoms with Crippen LogP contribution in [0, 0.1) is 0 Å². The van der Waals surface area contributed by atoms with Crippen LogP contribution in [0.2, 0.25) is 0 Å². The Labute approximate surface area is 223 Å². The molecule has 0 aliphatic carbocycles. The number of urea groups is 1. The molecule has 2 saturated heterocycles. The van der Waals surface area contributed by atoms with Gasteiger partial charge in [0.05, 0.1) is 19.8 Å². The molecule has 0 saturated carbocycles. The second-order valence-corrected chi connectivity index (χ2v) is 10.9. The van der Waals surface area contributed by atoms with Crippen LogP contribution in [0.1, 0.15) is 50.0 Å².